The van der Waals surface area contributed by atoms with E-state index in [9.17, 15) is 9.59 Å². The Labute approximate surface area is 146 Å². The standard InChI is InChI=1S/C18H13N5O3/c24-17(14-10-19-15(21-14)11-5-2-1-3-6-11)20-13-8-4-7-12(9-13)16-22-18(25)26-23-16/h1-10H,(H,19,21)(H,20,24)(H,22,23,25). The summed E-state index contributed by atoms with van der Waals surface area (Å²) in [6, 6.07) is 16.4. The van der Waals surface area contributed by atoms with E-state index < -0.39 is 5.76 Å². The molecule has 0 fully saturated rings. The highest BCUT2D eigenvalue weighted by Crippen LogP contribution is 2.20. The number of imidazole rings is 1. The van der Waals surface area contributed by atoms with Crippen molar-refractivity contribution in [3.05, 3.63) is 77.0 Å². The van der Waals surface area contributed by atoms with Crippen LogP contribution in [-0.2, 0) is 0 Å². The van der Waals surface area contributed by atoms with Gasteiger partial charge in [0, 0.05) is 16.8 Å². The van der Waals surface area contributed by atoms with Gasteiger partial charge in [-0.05, 0) is 12.1 Å². The molecule has 4 aromatic rings. The molecule has 0 radical (unpaired) electrons. The first kappa shape index (κ1) is 15.6. The van der Waals surface area contributed by atoms with E-state index >= 15 is 0 Å². The van der Waals surface area contributed by atoms with E-state index in [0.717, 1.165) is 5.56 Å². The van der Waals surface area contributed by atoms with Crippen molar-refractivity contribution in [2.75, 3.05) is 5.32 Å². The molecule has 8 heteroatoms. The lowest BCUT2D eigenvalue weighted by molar-refractivity contribution is 0.102. The Balaban J connectivity index is 1.54. The van der Waals surface area contributed by atoms with Gasteiger partial charge >= 0.3 is 5.76 Å². The van der Waals surface area contributed by atoms with Crippen LogP contribution in [0.4, 0.5) is 5.69 Å². The zero-order valence-electron chi connectivity index (χ0n) is 13.4. The fraction of sp³-hybridized carbons (Fsp3) is 0. The summed E-state index contributed by atoms with van der Waals surface area (Å²) in [4.78, 5) is 33.2. The van der Waals surface area contributed by atoms with E-state index in [2.05, 4.69) is 29.9 Å². The Morgan fingerprint density at radius 1 is 0.962 bits per heavy atom. The lowest BCUT2D eigenvalue weighted by Gasteiger charge is -2.05. The summed E-state index contributed by atoms with van der Waals surface area (Å²) in [6.45, 7) is 0. The van der Waals surface area contributed by atoms with Gasteiger partial charge in [-0.1, -0.05) is 47.6 Å². The highest BCUT2D eigenvalue weighted by molar-refractivity contribution is 6.03. The molecule has 0 atom stereocenters. The minimum Gasteiger partial charge on any atom is -0.334 e. The molecule has 128 valence electrons. The number of nitrogens with zero attached hydrogens (tertiary/aromatic N) is 2. The number of H-pyrrole nitrogens is 2. The summed E-state index contributed by atoms with van der Waals surface area (Å²) in [5.41, 5.74) is 2.39. The van der Waals surface area contributed by atoms with Crippen molar-refractivity contribution in [3.8, 4) is 22.8 Å². The van der Waals surface area contributed by atoms with E-state index in [4.69, 9.17) is 0 Å². The van der Waals surface area contributed by atoms with E-state index in [-0.39, 0.29) is 5.91 Å². The van der Waals surface area contributed by atoms with Crippen LogP contribution in [0, 0.1) is 0 Å². The monoisotopic (exact) mass is 347 g/mol. The minimum absolute atomic E-state index is 0.291. The summed E-state index contributed by atoms with van der Waals surface area (Å²) in [5, 5.41) is 6.41. The van der Waals surface area contributed by atoms with Gasteiger partial charge in [-0.3, -0.25) is 14.3 Å². The molecule has 1 amide bonds. The SMILES string of the molecule is O=C(Nc1cccc(-c2noc(=O)[nH]2)c1)c1cnc(-c2ccccc2)[nH]1. The highest BCUT2D eigenvalue weighted by atomic mass is 16.5. The molecular formula is C18H13N5O3. The number of rotatable bonds is 4. The van der Waals surface area contributed by atoms with E-state index in [1.54, 1.807) is 24.3 Å². The number of amides is 1. The molecule has 26 heavy (non-hydrogen) atoms. The van der Waals surface area contributed by atoms with Crippen LogP contribution < -0.4 is 11.1 Å². The molecule has 0 aliphatic carbocycles. The smallest absolute Gasteiger partial charge is 0.334 e. The van der Waals surface area contributed by atoms with Crippen LogP contribution in [0.2, 0.25) is 0 Å². The number of carbonyl (C=O) groups excluding carboxylic acids is 1. The maximum Gasteiger partial charge on any atom is 0.439 e. The topological polar surface area (TPSA) is 117 Å². The Bertz CT molecular complexity index is 1110. The number of aromatic amines is 2. The zero-order chi connectivity index (χ0) is 17.9. The van der Waals surface area contributed by atoms with Gasteiger partial charge in [0.1, 0.15) is 11.5 Å². The third-order valence-corrected chi connectivity index (χ3v) is 3.70. The highest BCUT2D eigenvalue weighted by Gasteiger charge is 2.12. The molecule has 2 aromatic carbocycles. The Morgan fingerprint density at radius 2 is 1.77 bits per heavy atom. The molecule has 0 spiro atoms. The van der Waals surface area contributed by atoms with Crippen molar-refractivity contribution in [1.82, 2.24) is 20.1 Å². The normalized spacial score (nSPS) is 10.6. The van der Waals surface area contributed by atoms with Crippen LogP contribution in [0.25, 0.3) is 22.8 Å². The number of anilines is 1. The van der Waals surface area contributed by atoms with Gasteiger partial charge in [-0.2, -0.15) is 0 Å². The van der Waals surface area contributed by atoms with Gasteiger partial charge in [0.2, 0.25) is 0 Å². The van der Waals surface area contributed by atoms with Crippen LogP contribution in [0.1, 0.15) is 10.5 Å². The number of benzene rings is 2. The van der Waals surface area contributed by atoms with Crippen molar-refractivity contribution in [2.24, 2.45) is 0 Å². The van der Waals surface area contributed by atoms with Crippen LogP contribution in [0.15, 0.2) is 70.1 Å². The second-order valence-electron chi connectivity index (χ2n) is 5.49. The molecule has 0 aliphatic rings. The molecule has 2 heterocycles. The molecule has 3 N–H and O–H groups in total. The van der Waals surface area contributed by atoms with Crippen molar-refractivity contribution in [3.63, 3.8) is 0 Å². The van der Waals surface area contributed by atoms with Crippen molar-refractivity contribution >= 4 is 11.6 Å². The lowest BCUT2D eigenvalue weighted by atomic mass is 10.2. The Kier molecular flexibility index (Phi) is 3.91. The molecule has 0 saturated carbocycles. The average Bonchev–Trinajstić information content (AvgIpc) is 3.32. The van der Waals surface area contributed by atoms with Gasteiger partial charge in [0.05, 0.1) is 6.20 Å². The number of aromatic nitrogens is 4. The predicted molar refractivity (Wildman–Crippen MR) is 94.5 cm³/mol. The largest absolute Gasteiger partial charge is 0.439 e. The maximum atomic E-state index is 12.4. The van der Waals surface area contributed by atoms with Crippen molar-refractivity contribution < 1.29 is 9.32 Å². The summed E-state index contributed by atoms with van der Waals surface area (Å²) in [6.07, 6.45) is 1.48. The van der Waals surface area contributed by atoms with E-state index in [1.165, 1.54) is 6.20 Å². The Hall–Kier alpha value is -3.94. The molecule has 2 aromatic heterocycles. The number of hydrogen-bond donors (Lipinski definition) is 3. The number of nitrogens with one attached hydrogen (secondary N) is 3. The van der Waals surface area contributed by atoms with Gasteiger partial charge in [0.25, 0.3) is 5.91 Å². The summed E-state index contributed by atoms with van der Waals surface area (Å²) >= 11 is 0. The quantitative estimate of drug-likeness (QED) is 0.525. The van der Waals surface area contributed by atoms with Gasteiger partial charge in [-0.25, -0.2) is 9.78 Å². The first-order chi connectivity index (χ1) is 12.7. The molecule has 0 aliphatic heterocycles. The molecule has 0 saturated heterocycles. The van der Waals surface area contributed by atoms with Gasteiger partial charge < -0.3 is 10.3 Å². The number of hydrogen-bond acceptors (Lipinski definition) is 5. The summed E-state index contributed by atoms with van der Waals surface area (Å²) in [7, 11) is 0. The second kappa shape index (κ2) is 6.52. The van der Waals surface area contributed by atoms with Crippen molar-refractivity contribution in [1.29, 1.82) is 0 Å². The number of carbonyl (C=O) groups is 1. The second-order valence-corrected chi connectivity index (χ2v) is 5.49. The predicted octanol–water partition coefficient (Wildman–Crippen LogP) is 2.67. The van der Waals surface area contributed by atoms with E-state index in [0.29, 0.717) is 28.6 Å². The van der Waals surface area contributed by atoms with Crippen LogP contribution >= 0.6 is 0 Å². The summed E-state index contributed by atoms with van der Waals surface area (Å²) in [5.74, 6) is -0.0607. The first-order valence-electron chi connectivity index (χ1n) is 7.77. The third-order valence-electron chi connectivity index (χ3n) is 3.70. The van der Waals surface area contributed by atoms with Gasteiger partial charge in [0.15, 0.2) is 5.82 Å². The maximum absolute atomic E-state index is 12.4. The minimum atomic E-state index is -0.639. The first-order valence-corrected chi connectivity index (χ1v) is 7.77. The Morgan fingerprint density at radius 3 is 2.54 bits per heavy atom. The van der Waals surface area contributed by atoms with Gasteiger partial charge in [-0.15, -0.1) is 0 Å². The molecule has 4 rings (SSSR count). The zero-order valence-corrected chi connectivity index (χ0v) is 13.4. The summed E-state index contributed by atoms with van der Waals surface area (Å²) < 4.78 is 4.49. The third kappa shape index (κ3) is 3.16. The van der Waals surface area contributed by atoms with Crippen LogP contribution in [-0.4, -0.2) is 26.0 Å². The molecule has 0 unspecified atom stereocenters. The van der Waals surface area contributed by atoms with Crippen LogP contribution in [0.5, 0.6) is 0 Å². The average molecular weight is 347 g/mol. The molecular weight excluding hydrogens is 334 g/mol. The fourth-order valence-corrected chi connectivity index (χ4v) is 2.48. The molecule has 8 nitrogen and oxygen atoms in total. The van der Waals surface area contributed by atoms with Crippen LogP contribution in [0.3, 0.4) is 0 Å². The van der Waals surface area contributed by atoms with Crippen molar-refractivity contribution in [2.45, 2.75) is 0 Å². The van der Waals surface area contributed by atoms with E-state index in [1.807, 2.05) is 30.3 Å². The lowest BCUT2D eigenvalue weighted by Crippen LogP contribution is -2.12. The molecule has 0 bridgehead atoms. The fourth-order valence-electron chi connectivity index (χ4n) is 2.48.